The van der Waals surface area contributed by atoms with Crippen molar-refractivity contribution in [2.75, 3.05) is 20.3 Å². The SMILES string of the molecule is COCCCC1=CC(c2ccc(F)c(C)c2)=NC1. The zero-order valence-electron chi connectivity index (χ0n) is 10.9. The van der Waals surface area contributed by atoms with Gasteiger partial charge in [0.15, 0.2) is 0 Å². The van der Waals surface area contributed by atoms with Crippen molar-refractivity contribution in [3.8, 4) is 0 Å². The average Bonchev–Trinajstić information content (AvgIpc) is 2.82. The van der Waals surface area contributed by atoms with Gasteiger partial charge in [0, 0.05) is 19.3 Å². The molecule has 1 aromatic rings. The number of hydrogen-bond donors (Lipinski definition) is 0. The molecule has 1 aromatic carbocycles. The number of hydrogen-bond acceptors (Lipinski definition) is 2. The fourth-order valence-corrected chi connectivity index (χ4v) is 2.04. The van der Waals surface area contributed by atoms with E-state index in [2.05, 4.69) is 11.1 Å². The first kappa shape index (κ1) is 13.0. The highest BCUT2D eigenvalue weighted by molar-refractivity contribution is 6.10. The predicted molar refractivity (Wildman–Crippen MR) is 71.7 cm³/mol. The lowest BCUT2D eigenvalue weighted by molar-refractivity contribution is 0.195. The van der Waals surface area contributed by atoms with E-state index in [1.807, 2.05) is 6.07 Å². The van der Waals surface area contributed by atoms with Gasteiger partial charge in [-0.3, -0.25) is 4.99 Å². The maximum absolute atomic E-state index is 13.2. The van der Waals surface area contributed by atoms with Crippen molar-refractivity contribution in [3.05, 3.63) is 46.8 Å². The Morgan fingerprint density at radius 3 is 2.94 bits per heavy atom. The molecule has 0 aromatic heterocycles. The third kappa shape index (κ3) is 3.05. The van der Waals surface area contributed by atoms with Gasteiger partial charge in [0.2, 0.25) is 0 Å². The Balaban J connectivity index is 2.04. The second-order valence-electron chi connectivity index (χ2n) is 4.56. The van der Waals surface area contributed by atoms with E-state index in [1.54, 1.807) is 20.1 Å². The van der Waals surface area contributed by atoms with E-state index in [0.717, 1.165) is 37.3 Å². The molecule has 0 saturated carbocycles. The molecule has 0 amide bonds. The number of allylic oxidation sites excluding steroid dienone is 1. The first-order chi connectivity index (χ1) is 8.70. The molecule has 0 fully saturated rings. The van der Waals surface area contributed by atoms with Crippen LogP contribution >= 0.6 is 0 Å². The Morgan fingerprint density at radius 2 is 2.22 bits per heavy atom. The van der Waals surface area contributed by atoms with Gasteiger partial charge in [-0.2, -0.15) is 0 Å². The number of rotatable bonds is 5. The zero-order chi connectivity index (χ0) is 13.0. The van der Waals surface area contributed by atoms with Crippen LogP contribution in [0.25, 0.3) is 0 Å². The van der Waals surface area contributed by atoms with E-state index in [9.17, 15) is 4.39 Å². The summed E-state index contributed by atoms with van der Waals surface area (Å²) in [5.74, 6) is -0.165. The number of aliphatic imine (C=N–C) groups is 1. The average molecular weight is 247 g/mol. The Hall–Kier alpha value is -1.48. The number of benzene rings is 1. The molecular formula is C15H18FNO. The molecule has 0 saturated heterocycles. The van der Waals surface area contributed by atoms with Crippen molar-refractivity contribution in [2.45, 2.75) is 19.8 Å². The maximum Gasteiger partial charge on any atom is 0.126 e. The molecule has 1 heterocycles. The molecule has 18 heavy (non-hydrogen) atoms. The van der Waals surface area contributed by atoms with Crippen molar-refractivity contribution in [1.82, 2.24) is 0 Å². The summed E-state index contributed by atoms with van der Waals surface area (Å²) in [4.78, 5) is 4.50. The highest BCUT2D eigenvalue weighted by atomic mass is 19.1. The lowest BCUT2D eigenvalue weighted by Crippen LogP contribution is -1.96. The Bertz CT molecular complexity index is 491. The molecule has 2 nitrogen and oxygen atoms in total. The molecule has 0 radical (unpaired) electrons. The van der Waals surface area contributed by atoms with Crippen molar-refractivity contribution >= 4 is 5.71 Å². The summed E-state index contributed by atoms with van der Waals surface area (Å²) in [6.07, 6.45) is 4.15. The number of ether oxygens (including phenoxy) is 1. The summed E-state index contributed by atoms with van der Waals surface area (Å²) in [6, 6.07) is 5.14. The second kappa shape index (κ2) is 5.91. The van der Waals surface area contributed by atoms with E-state index in [4.69, 9.17) is 4.74 Å². The van der Waals surface area contributed by atoms with E-state index in [0.29, 0.717) is 5.56 Å². The largest absolute Gasteiger partial charge is 0.385 e. The normalized spacial score (nSPS) is 14.6. The summed E-state index contributed by atoms with van der Waals surface area (Å²) in [5, 5.41) is 0. The molecule has 0 atom stereocenters. The minimum atomic E-state index is -0.165. The highest BCUT2D eigenvalue weighted by Gasteiger charge is 2.11. The van der Waals surface area contributed by atoms with Gasteiger partial charge in [-0.1, -0.05) is 0 Å². The Labute approximate surface area is 107 Å². The Kier molecular flexibility index (Phi) is 4.26. The van der Waals surface area contributed by atoms with E-state index in [1.165, 1.54) is 11.6 Å². The van der Waals surface area contributed by atoms with Crippen LogP contribution in [0.2, 0.25) is 0 Å². The molecule has 0 N–H and O–H groups in total. The van der Waals surface area contributed by atoms with E-state index in [-0.39, 0.29) is 5.82 Å². The predicted octanol–water partition coefficient (Wildman–Crippen LogP) is 3.29. The van der Waals surface area contributed by atoms with E-state index < -0.39 is 0 Å². The fraction of sp³-hybridized carbons (Fsp3) is 0.400. The molecule has 0 spiro atoms. The third-order valence-electron chi connectivity index (χ3n) is 3.09. The molecule has 3 heteroatoms. The van der Waals surface area contributed by atoms with Crippen LogP contribution in [0.4, 0.5) is 4.39 Å². The molecule has 0 bridgehead atoms. The van der Waals surface area contributed by atoms with Crippen LogP contribution in [0.3, 0.4) is 0 Å². The van der Waals surface area contributed by atoms with Gasteiger partial charge in [-0.15, -0.1) is 0 Å². The number of aryl methyl sites for hydroxylation is 1. The molecule has 2 rings (SSSR count). The van der Waals surface area contributed by atoms with Crippen LogP contribution in [0.5, 0.6) is 0 Å². The standard InChI is InChI=1S/C15H18FNO/c1-11-8-13(5-6-14(11)16)15-9-12(10-17-15)4-3-7-18-2/h5-6,8-9H,3-4,7,10H2,1-2H3. The topological polar surface area (TPSA) is 21.6 Å². The fourth-order valence-electron chi connectivity index (χ4n) is 2.04. The lowest BCUT2D eigenvalue weighted by atomic mass is 10.0. The highest BCUT2D eigenvalue weighted by Crippen LogP contribution is 2.18. The van der Waals surface area contributed by atoms with Crippen molar-refractivity contribution < 1.29 is 9.13 Å². The smallest absolute Gasteiger partial charge is 0.126 e. The van der Waals surface area contributed by atoms with Crippen LogP contribution in [-0.2, 0) is 4.74 Å². The zero-order valence-corrected chi connectivity index (χ0v) is 10.9. The van der Waals surface area contributed by atoms with Crippen LogP contribution in [0, 0.1) is 12.7 Å². The maximum atomic E-state index is 13.2. The minimum absolute atomic E-state index is 0.165. The number of halogens is 1. The summed E-state index contributed by atoms with van der Waals surface area (Å²) < 4.78 is 18.2. The Morgan fingerprint density at radius 1 is 1.39 bits per heavy atom. The minimum Gasteiger partial charge on any atom is -0.385 e. The van der Waals surface area contributed by atoms with Gasteiger partial charge in [0.05, 0.1) is 12.3 Å². The molecule has 96 valence electrons. The summed E-state index contributed by atoms with van der Waals surface area (Å²) in [7, 11) is 1.71. The quantitative estimate of drug-likeness (QED) is 0.732. The first-order valence-electron chi connectivity index (χ1n) is 6.20. The van der Waals surface area contributed by atoms with Crippen molar-refractivity contribution in [2.24, 2.45) is 4.99 Å². The molecule has 1 aliphatic rings. The number of nitrogens with zero attached hydrogens (tertiary/aromatic N) is 1. The van der Waals surface area contributed by atoms with Crippen molar-refractivity contribution in [1.29, 1.82) is 0 Å². The van der Waals surface area contributed by atoms with Gasteiger partial charge >= 0.3 is 0 Å². The van der Waals surface area contributed by atoms with Crippen LogP contribution in [-0.4, -0.2) is 26.0 Å². The lowest BCUT2D eigenvalue weighted by Gasteiger charge is -2.01. The first-order valence-corrected chi connectivity index (χ1v) is 6.20. The van der Waals surface area contributed by atoms with Crippen LogP contribution in [0.1, 0.15) is 24.0 Å². The molecule has 0 aliphatic carbocycles. The van der Waals surface area contributed by atoms with Crippen LogP contribution in [0.15, 0.2) is 34.8 Å². The monoisotopic (exact) mass is 247 g/mol. The van der Waals surface area contributed by atoms with Crippen molar-refractivity contribution in [3.63, 3.8) is 0 Å². The third-order valence-corrected chi connectivity index (χ3v) is 3.09. The second-order valence-corrected chi connectivity index (χ2v) is 4.56. The summed E-state index contributed by atoms with van der Waals surface area (Å²) in [6.45, 7) is 3.31. The molecule has 0 unspecified atom stereocenters. The summed E-state index contributed by atoms with van der Waals surface area (Å²) in [5.41, 5.74) is 3.95. The summed E-state index contributed by atoms with van der Waals surface area (Å²) >= 11 is 0. The van der Waals surface area contributed by atoms with Gasteiger partial charge in [-0.25, -0.2) is 4.39 Å². The molecule has 1 aliphatic heterocycles. The van der Waals surface area contributed by atoms with Gasteiger partial charge in [-0.05, 0) is 55.2 Å². The van der Waals surface area contributed by atoms with Crippen LogP contribution < -0.4 is 0 Å². The molecular weight excluding hydrogens is 229 g/mol. The van der Waals surface area contributed by atoms with E-state index >= 15 is 0 Å². The van der Waals surface area contributed by atoms with Gasteiger partial charge in [0.1, 0.15) is 5.82 Å². The number of methoxy groups -OCH3 is 1. The van der Waals surface area contributed by atoms with Gasteiger partial charge in [0.25, 0.3) is 0 Å². The van der Waals surface area contributed by atoms with Gasteiger partial charge < -0.3 is 4.74 Å².